The van der Waals surface area contributed by atoms with Gasteiger partial charge in [-0.15, -0.1) is 0 Å². The molecule has 0 bridgehead atoms. The molecule has 174 valence electrons. The Morgan fingerprint density at radius 3 is 2.40 bits per heavy atom. The Hall–Kier alpha value is -4.23. The van der Waals surface area contributed by atoms with Crippen LogP contribution in [0, 0.1) is 0 Å². The zero-order chi connectivity index (χ0) is 24.4. The van der Waals surface area contributed by atoms with Crippen LogP contribution in [-0.4, -0.2) is 37.8 Å². The summed E-state index contributed by atoms with van der Waals surface area (Å²) in [5, 5.41) is 13.3. The van der Waals surface area contributed by atoms with Crippen molar-refractivity contribution in [2.45, 2.75) is 13.0 Å². The van der Waals surface area contributed by atoms with Gasteiger partial charge in [0.2, 0.25) is 5.91 Å². The minimum atomic E-state index is -0.272. The van der Waals surface area contributed by atoms with Gasteiger partial charge in [0.1, 0.15) is 0 Å². The lowest BCUT2D eigenvalue weighted by Gasteiger charge is -2.17. The van der Waals surface area contributed by atoms with Gasteiger partial charge < -0.3 is 4.90 Å². The highest BCUT2D eigenvalue weighted by Crippen LogP contribution is 2.26. The predicted octanol–water partition coefficient (Wildman–Crippen LogP) is 4.63. The number of para-hydroxylation sites is 1. The second kappa shape index (κ2) is 9.56. The number of hydrogen-bond acceptors (Lipinski definition) is 4. The highest BCUT2D eigenvalue weighted by molar-refractivity contribution is 6.30. The molecule has 0 fully saturated rings. The van der Waals surface area contributed by atoms with Gasteiger partial charge in [0.15, 0.2) is 0 Å². The third-order valence-electron chi connectivity index (χ3n) is 5.86. The number of nitrogens with zero attached hydrogens (tertiary/aromatic N) is 4. The van der Waals surface area contributed by atoms with Crippen LogP contribution in [0.15, 0.2) is 89.9 Å². The second-order valence-electron chi connectivity index (χ2n) is 8.26. The van der Waals surface area contributed by atoms with Gasteiger partial charge in [0.25, 0.3) is 5.56 Å². The maximum absolute atomic E-state index is 13.2. The second-order valence-corrected chi connectivity index (χ2v) is 8.70. The number of hydrogen-bond donors (Lipinski definition) is 1. The Labute approximate surface area is 206 Å². The van der Waals surface area contributed by atoms with Gasteiger partial charge in [-0.3, -0.25) is 9.59 Å². The molecular formula is C27H22ClN5O2. The molecule has 1 amide bonds. The Bertz CT molecular complexity index is 1560. The van der Waals surface area contributed by atoms with E-state index < -0.39 is 0 Å². The van der Waals surface area contributed by atoms with Crippen molar-refractivity contribution in [1.29, 1.82) is 0 Å². The van der Waals surface area contributed by atoms with Crippen LogP contribution >= 0.6 is 11.6 Å². The monoisotopic (exact) mass is 483 g/mol. The normalized spacial score (nSPS) is 11.0. The molecule has 0 atom stereocenters. The van der Waals surface area contributed by atoms with Gasteiger partial charge in [-0.2, -0.15) is 10.2 Å². The van der Waals surface area contributed by atoms with E-state index in [0.29, 0.717) is 28.0 Å². The molecule has 2 aromatic heterocycles. The number of aromatic amines is 1. The first-order chi connectivity index (χ1) is 17.0. The van der Waals surface area contributed by atoms with E-state index in [9.17, 15) is 9.59 Å². The highest BCUT2D eigenvalue weighted by atomic mass is 35.5. The molecule has 3 aromatic carbocycles. The smallest absolute Gasteiger partial charge is 0.272 e. The lowest BCUT2D eigenvalue weighted by atomic mass is 10.1. The van der Waals surface area contributed by atoms with Gasteiger partial charge in [0, 0.05) is 41.3 Å². The van der Waals surface area contributed by atoms with Crippen LogP contribution in [0.3, 0.4) is 0 Å². The first-order valence-electron chi connectivity index (χ1n) is 11.1. The van der Waals surface area contributed by atoms with E-state index in [-0.39, 0.29) is 17.9 Å². The van der Waals surface area contributed by atoms with Gasteiger partial charge in [-0.1, -0.05) is 60.1 Å². The molecule has 0 unspecified atom stereocenters. The maximum atomic E-state index is 13.2. The standard InChI is InChI=1S/C27H22ClN5O2/c1-32(25(34)15-24-22-9-5-6-10-23(22)27(35)30-29-24)16-19-17-33(21-7-3-2-4-8-21)31-26(19)18-11-13-20(28)14-12-18/h2-14,17H,15-16H2,1H3,(H,30,35). The zero-order valence-electron chi connectivity index (χ0n) is 19.0. The summed E-state index contributed by atoms with van der Waals surface area (Å²) in [6, 6.07) is 24.5. The van der Waals surface area contributed by atoms with Crippen molar-refractivity contribution in [1.82, 2.24) is 24.9 Å². The van der Waals surface area contributed by atoms with Crippen LogP contribution in [-0.2, 0) is 17.8 Å². The summed E-state index contributed by atoms with van der Waals surface area (Å²) in [7, 11) is 1.75. The van der Waals surface area contributed by atoms with Crippen molar-refractivity contribution < 1.29 is 4.79 Å². The van der Waals surface area contributed by atoms with Crippen molar-refractivity contribution in [3.8, 4) is 16.9 Å². The van der Waals surface area contributed by atoms with E-state index in [1.54, 1.807) is 24.1 Å². The van der Waals surface area contributed by atoms with E-state index in [2.05, 4.69) is 10.2 Å². The van der Waals surface area contributed by atoms with Crippen molar-refractivity contribution in [2.24, 2.45) is 0 Å². The fourth-order valence-corrected chi connectivity index (χ4v) is 4.14. The molecule has 0 radical (unpaired) electrons. The van der Waals surface area contributed by atoms with Crippen molar-refractivity contribution in [3.05, 3.63) is 112 Å². The maximum Gasteiger partial charge on any atom is 0.272 e. The topological polar surface area (TPSA) is 83.9 Å². The number of likely N-dealkylation sites (N-methyl/N-ethyl adjacent to an activating group) is 1. The molecule has 0 saturated carbocycles. The molecule has 0 aliphatic carbocycles. The van der Waals surface area contributed by atoms with Gasteiger partial charge in [-0.05, 0) is 30.3 Å². The van der Waals surface area contributed by atoms with Crippen molar-refractivity contribution in [3.63, 3.8) is 0 Å². The quantitative estimate of drug-likeness (QED) is 0.381. The van der Waals surface area contributed by atoms with Crippen LogP contribution in [0.5, 0.6) is 0 Å². The van der Waals surface area contributed by atoms with Gasteiger partial charge in [0.05, 0.1) is 28.9 Å². The van der Waals surface area contributed by atoms with Crippen molar-refractivity contribution in [2.75, 3.05) is 7.05 Å². The number of halogens is 1. The fraction of sp³-hybridized carbons (Fsp3) is 0.111. The molecule has 8 heteroatoms. The zero-order valence-corrected chi connectivity index (χ0v) is 19.7. The fourth-order valence-electron chi connectivity index (χ4n) is 4.02. The molecule has 5 rings (SSSR count). The van der Waals surface area contributed by atoms with Crippen LogP contribution in [0.1, 0.15) is 11.3 Å². The minimum Gasteiger partial charge on any atom is -0.341 e. The third-order valence-corrected chi connectivity index (χ3v) is 6.11. The number of H-pyrrole nitrogens is 1. The van der Waals surface area contributed by atoms with Crippen LogP contribution in [0.25, 0.3) is 27.7 Å². The number of amides is 1. The Morgan fingerprint density at radius 1 is 0.971 bits per heavy atom. The first-order valence-corrected chi connectivity index (χ1v) is 11.5. The number of benzene rings is 3. The molecule has 5 aromatic rings. The highest BCUT2D eigenvalue weighted by Gasteiger charge is 2.19. The summed E-state index contributed by atoms with van der Waals surface area (Å²) < 4.78 is 1.81. The van der Waals surface area contributed by atoms with Crippen LogP contribution < -0.4 is 5.56 Å². The molecule has 1 N–H and O–H groups in total. The van der Waals surface area contributed by atoms with Gasteiger partial charge in [-0.25, -0.2) is 9.78 Å². The molecular weight excluding hydrogens is 462 g/mol. The summed E-state index contributed by atoms with van der Waals surface area (Å²) in [6.45, 7) is 0.352. The molecule has 0 aliphatic heterocycles. The van der Waals surface area contributed by atoms with E-state index in [4.69, 9.17) is 16.7 Å². The largest absolute Gasteiger partial charge is 0.341 e. The van der Waals surface area contributed by atoms with Crippen LogP contribution in [0.4, 0.5) is 0 Å². The average Bonchev–Trinajstić information content (AvgIpc) is 3.30. The van der Waals surface area contributed by atoms with Gasteiger partial charge >= 0.3 is 0 Å². The predicted molar refractivity (Wildman–Crippen MR) is 137 cm³/mol. The van der Waals surface area contributed by atoms with E-state index in [1.807, 2.05) is 77.6 Å². The molecule has 7 nitrogen and oxygen atoms in total. The summed E-state index contributed by atoms with van der Waals surface area (Å²) in [6.07, 6.45) is 2.01. The molecule has 0 saturated heterocycles. The lowest BCUT2D eigenvalue weighted by Crippen LogP contribution is -2.28. The Kier molecular flexibility index (Phi) is 6.16. The summed E-state index contributed by atoms with van der Waals surface area (Å²) in [5.41, 5.74) is 3.77. The molecule has 2 heterocycles. The average molecular weight is 484 g/mol. The number of carbonyl (C=O) groups excluding carboxylic acids is 1. The minimum absolute atomic E-state index is 0.0664. The molecule has 0 spiro atoms. The summed E-state index contributed by atoms with van der Waals surface area (Å²) in [5.74, 6) is -0.121. The number of nitrogens with one attached hydrogen (secondary N) is 1. The first kappa shape index (κ1) is 22.6. The number of rotatable bonds is 6. The van der Waals surface area contributed by atoms with E-state index >= 15 is 0 Å². The van der Waals surface area contributed by atoms with Crippen LogP contribution in [0.2, 0.25) is 5.02 Å². The summed E-state index contributed by atoms with van der Waals surface area (Å²) >= 11 is 6.09. The molecule has 0 aliphatic rings. The number of fused-ring (bicyclic) bond motifs is 1. The number of carbonyl (C=O) groups is 1. The Morgan fingerprint density at radius 2 is 1.66 bits per heavy atom. The van der Waals surface area contributed by atoms with E-state index in [0.717, 1.165) is 22.5 Å². The third kappa shape index (κ3) is 4.72. The SMILES string of the molecule is CN(Cc1cn(-c2ccccc2)nc1-c1ccc(Cl)cc1)C(=O)Cc1n[nH]c(=O)c2ccccc12. The van der Waals surface area contributed by atoms with Crippen molar-refractivity contribution >= 4 is 28.3 Å². The van der Waals surface area contributed by atoms with E-state index in [1.165, 1.54) is 0 Å². The Balaban J connectivity index is 1.44. The number of aromatic nitrogens is 4. The lowest BCUT2D eigenvalue weighted by molar-refractivity contribution is -0.129. The molecule has 35 heavy (non-hydrogen) atoms. The summed E-state index contributed by atoms with van der Waals surface area (Å²) in [4.78, 5) is 26.9.